The lowest BCUT2D eigenvalue weighted by Gasteiger charge is -2.15. The molecule has 2 aliphatic heterocycles. The van der Waals surface area contributed by atoms with Gasteiger partial charge in [-0.2, -0.15) is 0 Å². The summed E-state index contributed by atoms with van der Waals surface area (Å²) in [6, 6.07) is 9.78. The maximum atomic E-state index is 12.1. The summed E-state index contributed by atoms with van der Waals surface area (Å²) in [6.45, 7) is 0. The molecule has 0 unspecified atom stereocenters. The summed E-state index contributed by atoms with van der Waals surface area (Å²) in [5, 5.41) is 0. The summed E-state index contributed by atoms with van der Waals surface area (Å²) >= 11 is 0. The van der Waals surface area contributed by atoms with Gasteiger partial charge in [-0.05, 0) is 17.7 Å². The molecule has 2 aliphatic rings. The molecule has 0 atom stereocenters. The quantitative estimate of drug-likeness (QED) is 0.672. The van der Waals surface area contributed by atoms with Gasteiger partial charge in [0.1, 0.15) is 9.85 Å². The molecule has 2 nitrogen and oxygen atoms in total. The minimum absolute atomic E-state index is 0.0619. The summed E-state index contributed by atoms with van der Waals surface area (Å²) in [4.78, 5) is 15.6. The van der Waals surface area contributed by atoms with Crippen LogP contribution in [0.3, 0.4) is 0 Å². The first kappa shape index (κ1) is 9.36. The second-order valence-electron chi connectivity index (χ2n) is 3.51. The molecule has 0 N–H and O–H groups in total. The third-order valence-corrected chi connectivity index (χ3v) is 3.63. The number of benzene rings is 1. The lowest BCUT2D eigenvalue weighted by Crippen LogP contribution is -2.31. The largest absolute Gasteiger partial charge is 0.274 e. The molecule has 0 spiro atoms. The highest BCUT2D eigenvalue weighted by Crippen LogP contribution is 2.17. The Kier molecular flexibility index (Phi) is 2.11. The molecule has 0 bridgehead atoms. The van der Waals surface area contributed by atoms with E-state index < -0.39 is 0 Å². The van der Waals surface area contributed by atoms with E-state index in [1.807, 2.05) is 48.6 Å². The monoisotopic (exact) mass is 227 g/mol. The predicted octanol–water partition coefficient (Wildman–Crippen LogP) is 2.00. The predicted molar refractivity (Wildman–Crippen MR) is 68.3 cm³/mol. The fraction of sp³-hybridized carbons (Fsp3) is 0. The first-order valence-corrected chi connectivity index (χ1v) is 5.83. The van der Waals surface area contributed by atoms with E-state index in [2.05, 4.69) is 0 Å². The van der Waals surface area contributed by atoms with E-state index in [1.165, 1.54) is 10.9 Å². The Bertz CT molecular complexity index is 577. The van der Waals surface area contributed by atoms with Gasteiger partial charge in [0.2, 0.25) is 0 Å². The standard InChI is InChI=1S/C13H9NOS/c15-13-12(10-6-2-1-3-7-10)16-11-8-4-5-9-14(11)13/h1-9H. The van der Waals surface area contributed by atoms with Gasteiger partial charge in [-0.1, -0.05) is 36.4 Å². The third kappa shape index (κ3) is 1.37. The van der Waals surface area contributed by atoms with Crippen LogP contribution in [0.25, 0.3) is 0 Å². The fourth-order valence-electron chi connectivity index (χ4n) is 1.71. The van der Waals surface area contributed by atoms with Crippen molar-refractivity contribution in [1.82, 2.24) is 4.90 Å². The Morgan fingerprint density at radius 2 is 1.88 bits per heavy atom. The van der Waals surface area contributed by atoms with E-state index in [9.17, 15) is 4.79 Å². The molecule has 0 saturated carbocycles. The van der Waals surface area contributed by atoms with Crippen LogP contribution in [0, 0.1) is 0 Å². The first-order valence-electron chi connectivity index (χ1n) is 5.02. The molecule has 3 rings (SSSR count). The SMILES string of the molecule is O=C1C(c2ccccc2)=S=C2C=CC=CN12. The van der Waals surface area contributed by atoms with Crippen molar-refractivity contribution >= 4 is 26.7 Å². The summed E-state index contributed by atoms with van der Waals surface area (Å²) in [5.74, 6) is 0.0619. The van der Waals surface area contributed by atoms with Crippen LogP contribution in [0.2, 0.25) is 0 Å². The lowest BCUT2D eigenvalue weighted by atomic mass is 10.1. The maximum Gasteiger partial charge on any atom is 0.273 e. The second-order valence-corrected chi connectivity index (χ2v) is 4.54. The topological polar surface area (TPSA) is 20.3 Å². The Morgan fingerprint density at radius 1 is 1.06 bits per heavy atom. The van der Waals surface area contributed by atoms with Gasteiger partial charge in [-0.3, -0.25) is 9.69 Å². The number of amides is 1. The molecule has 2 heterocycles. The molecule has 0 saturated heterocycles. The average Bonchev–Trinajstić information content (AvgIpc) is 2.69. The van der Waals surface area contributed by atoms with Crippen LogP contribution in [0.1, 0.15) is 5.56 Å². The molecule has 1 aromatic carbocycles. The van der Waals surface area contributed by atoms with Crippen LogP contribution in [0.4, 0.5) is 0 Å². The zero-order valence-corrected chi connectivity index (χ0v) is 9.28. The van der Waals surface area contributed by atoms with Gasteiger partial charge < -0.3 is 0 Å². The van der Waals surface area contributed by atoms with E-state index >= 15 is 0 Å². The van der Waals surface area contributed by atoms with Crippen LogP contribution < -0.4 is 0 Å². The maximum absolute atomic E-state index is 12.1. The molecular formula is C13H9NOS. The minimum Gasteiger partial charge on any atom is -0.274 e. The van der Waals surface area contributed by atoms with Crippen molar-refractivity contribution in [2.75, 3.05) is 0 Å². The first-order chi connectivity index (χ1) is 7.86. The number of rotatable bonds is 1. The van der Waals surface area contributed by atoms with Gasteiger partial charge in [0.25, 0.3) is 5.91 Å². The Hall–Kier alpha value is -1.87. The molecule has 0 fully saturated rings. The van der Waals surface area contributed by atoms with Gasteiger partial charge in [-0.15, -0.1) is 10.9 Å². The number of carbonyl (C=O) groups is 1. The highest BCUT2D eigenvalue weighted by molar-refractivity contribution is 8.00. The second kappa shape index (κ2) is 3.61. The van der Waals surface area contributed by atoms with Crippen molar-refractivity contribution in [2.45, 2.75) is 0 Å². The number of hydrogen-bond donors (Lipinski definition) is 0. The molecule has 0 aromatic heterocycles. The molecule has 0 aliphatic carbocycles. The third-order valence-electron chi connectivity index (χ3n) is 2.48. The molecule has 1 aromatic rings. The van der Waals surface area contributed by atoms with Crippen molar-refractivity contribution in [3.8, 4) is 0 Å². The normalized spacial score (nSPS) is 17.8. The van der Waals surface area contributed by atoms with E-state index in [4.69, 9.17) is 0 Å². The Balaban J connectivity index is 2.11. The molecular weight excluding hydrogens is 218 g/mol. The Labute approximate surface area is 97.0 Å². The highest BCUT2D eigenvalue weighted by Gasteiger charge is 2.26. The molecule has 3 heteroatoms. The molecule has 0 radical (unpaired) electrons. The number of fused-ring (bicyclic) bond motifs is 1. The zero-order valence-electron chi connectivity index (χ0n) is 8.46. The van der Waals surface area contributed by atoms with Crippen molar-refractivity contribution in [1.29, 1.82) is 0 Å². The summed E-state index contributed by atoms with van der Waals surface area (Å²) in [5.41, 5.74) is 0.987. The number of hydrogen-bond acceptors (Lipinski definition) is 1. The van der Waals surface area contributed by atoms with Crippen molar-refractivity contribution in [3.63, 3.8) is 0 Å². The van der Waals surface area contributed by atoms with Gasteiger partial charge in [-0.25, -0.2) is 0 Å². The smallest absolute Gasteiger partial charge is 0.273 e. The lowest BCUT2D eigenvalue weighted by molar-refractivity contribution is -0.118. The fourth-order valence-corrected chi connectivity index (χ4v) is 2.75. The summed E-state index contributed by atoms with van der Waals surface area (Å²) in [7, 11) is 1.53. The molecule has 16 heavy (non-hydrogen) atoms. The van der Waals surface area contributed by atoms with E-state index in [0.717, 1.165) is 15.4 Å². The molecule has 78 valence electrons. The van der Waals surface area contributed by atoms with Gasteiger partial charge in [0.05, 0.1) is 0 Å². The van der Waals surface area contributed by atoms with Gasteiger partial charge in [0.15, 0.2) is 0 Å². The van der Waals surface area contributed by atoms with E-state index in [1.54, 1.807) is 11.1 Å². The van der Waals surface area contributed by atoms with Crippen LogP contribution in [-0.4, -0.2) is 20.7 Å². The van der Waals surface area contributed by atoms with Gasteiger partial charge >= 0.3 is 0 Å². The summed E-state index contributed by atoms with van der Waals surface area (Å²) in [6.07, 6.45) is 7.58. The van der Waals surface area contributed by atoms with E-state index in [-0.39, 0.29) is 5.91 Å². The number of allylic oxidation sites excluding steroid dienone is 2. The van der Waals surface area contributed by atoms with Crippen molar-refractivity contribution in [3.05, 3.63) is 60.3 Å². The average molecular weight is 227 g/mol. The van der Waals surface area contributed by atoms with Crippen molar-refractivity contribution < 1.29 is 4.79 Å². The van der Waals surface area contributed by atoms with Gasteiger partial charge in [0, 0.05) is 6.20 Å². The zero-order chi connectivity index (χ0) is 11.0. The van der Waals surface area contributed by atoms with Crippen LogP contribution in [0.15, 0.2) is 54.8 Å². The van der Waals surface area contributed by atoms with Crippen LogP contribution in [-0.2, 0) is 4.79 Å². The number of nitrogens with zero attached hydrogens (tertiary/aromatic N) is 1. The highest BCUT2D eigenvalue weighted by atomic mass is 32.1. The number of carbonyl (C=O) groups excluding carboxylic acids is 1. The molecule has 1 amide bonds. The van der Waals surface area contributed by atoms with Crippen molar-refractivity contribution in [2.24, 2.45) is 0 Å². The van der Waals surface area contributed by atoms with Crippen LogP contribution >= 0.6 is 10.9 Å². The van der Waals surface area contributed by atoms with E-state index in [0.29, 0.717) is 0 Å². The van der Waals surface area contributed by atoms with Crippen LogP contribution in [0.5, 0.6) is 0 Å². The summed E-state index contributed by atoms with van der Waals surface area (Å²) < 4.78 is 0. The minimum atomic E-state index is 0.0619. The Morgan fingerprint density at radius 3 is 2.62 bits per heavy atom.